The highest BCUT2D eigenvalue weighted by molar-refractivity contribution is 9.10. The Hall–Kier alpha value is -2.08. The molecule has 1 aromatic carbocycles. The van der Waals surface area contributed by atoms with E-state index in [4.69, 9.17) is 9.47 Å². The molecule has 0 atom stereocenters. The van der Waals surface area contributed by atoms with Crippen molar-refractivity contribution in [2.45, 2.75) is 20.3 Å². The number of aromatic nitrogens is 1. The van der Waals surface area contributed by atoms with Gasteiger partial charge in [0.25, 0.3) is 5.91 Å². The van der Waals surface area contributed by atoms with Gasteiger partial charge in [-0.05, 0) is 59.6 Å². The van der Waals surface area contributed by atoms with Gasteiger partial charge in [-0.2, -0.15) is 0 Å². The minimum Gasteiger partial charge on any atom is -0.490 e. The van der Waals surface area contributed by atoms with Crippen LogP contribution in [0.2, 0.25) is 0 Å². The van der Waals surface area contributed by atoms with Gasteiger partial charge in [-0.25, -0.2) is 4.98 Å². The maximum absolute atomic E-state index is 12.3. The van der Waals surface area contributed by atoms with Gasteiger partial charge in [0.05, 0.1) is 13.2 Å². The average Bonchev–Trinajstić information content (AvgIpc) is 2.56. The summed E-state index contributed by atoms with van der Waals surface area (Å²) in [5, 5.41) is 2.75. The van der Waals surface area contributed by atoms with Gasteiger partial charge in [0.15, 0.2) is 11.5 Å². The molecule has 6 heteroatoms. The highest BCUT2D eigenvalue weighted by Crippen LogP contribution is 2.29. The molecule has 2 aromatic rings. The molecule has 0 fully saturated rings. The first kappa shape index (κ1) is 17.3. The Bertz CT molecular complexity index is 659. The highest BCUT2D eigenvalue weighted by atomic mass is 79.9. The summed E-state index contributed by atoms with van der Waals surface area (Å²) in [6.07, 6.45) is 2.53. The monoisotopic (exact) mass is 378 g/mol. The molecule has 0 spiro atoms. The van der Waals surface area contributed by atoms with Crippen molar-refractivity contribution in [1.29, 1.82) is 0 Å². The second-order valence-electron chi connectivity index (χ2n) is 4.76. The zero-order valence-electron chi connectivity index (χ0n) is 13.1. The van der Waals surface area contributed by atoms with Crippen molar-refractivity contribution in [3.8, 4) is 11.5 Å². The molecule has 0 aliphatic carbocycles. The molecule has 0 saturated heterocycles. The molecular formula is C17H19BrN2O3. The number of benzene rings is 1. The summed E-state index contributed by atoms with van der Waals surface area (Å²) in [5.41, 5.74) is 0.488. The van der Waals surface area contributed by atoms with E-state index in [0.29, 0.717) is 36.1 Å². The van der Waals surface area contributed by atoms with Crippen LogP contribution in [0.5, 0.6) is 11.5 Å². The molecule has 2 rings (SSSR count). The van der Waals surface area contributed by atoms with Crippen LogP contribution in [0, 0.1) is 0 Å². The molecule has 0 aliphatic heterocycles. The molecule has 122 valence electrons. The number of pyridine rings is 1. The summed E-state index contributed by atoms with van der Waals surface area (Å²) in [6.45, 7) is 5.03. The van der Waals surface area contributed by atoms with E-state index in [1.54, 1.807) is 30.5 Å². The Balaban J connectivity index is 2.16. The summed E-state index contributed by atoms with van der Waals surface area (Å²) in [6, 6.07) is 8.69. The van der Waals surface area contributed by atoms with Crippen LogP contribution < -0.4 is 14.8 Å². The van der Waals surface area contributed by atoms with E-state index in [9.17, 15) is 4.79 Å². The molecule has 1 amide bonds. The minimum atomic E-state index is -0.247. The topological polar surface area (TPSA) is 60.5 Å². The fourth-order valence-corrected chi connectivity index (χ4v) is 2.12. The van der Waals surface area contributed by atoms with Gasteiger partial charge in [-0.1, -0.05) is 6.92 Å². The van der Waals surface area contributed by atoms with E-state index < -0.39 is 0 Å². The van der Waals surface area contributed by atoms with Crippen LogP contribution in [0.4, 0.5) is 5.82 Å². The number of hydrogen-bond donors (Lipinski definition) is 1. The second-order valence-corrected chi connectivity index (χ2v) is 5.67. The normalized spacial score (nSPS) is 10.2. The summed E-state index contributed by atoms with van der Waals surface area (Å²) >= 11 is 3.31. The molecule has 0 aliphatic rings. The summed E-state index contributed by atoms with van der Waals surface area (Å²) in [5.74, 6) is 1.45. The fraction of sp³-hybridized carbons (Fsp3) is 0.294. The largest absolute Gasteiger partial charge is 0.490 e. The van der Waals surface area contributed by atoms with Gasteiger partial charge in [0, 0.05) is 16.2 Å². The van der Waals surface area contributed by atoms with Crippen LogP contribution in [0.25, 0.3) is 0 Å². The van der Waals surface area contributed by atoms with Gasteiger partial charge in [-0.3, -0.25) is 4.79 Å². The number of amides is 1. The molecule has 0 unspecified atom stereocenters. The number of halogens is 1. The number of ether oxygens (including phenoxy) is 2. The van der Waals surface area contributed by atoms with Crippen molar-refractivity contribution in [2.75, 3.05) is 18.5 Å². The molecule has 0 saturated carbocycles. The molecule has 0 radical (unpaired) electrons. The van der Waals surface area contributed by atoms with Gasteiger partial charge in [0.1, 0.15) is 5.82 Å². The quantitative estimate of drug-likeness (QED) is 0.780. The number of carbonyl (C=O) groups excluding carboxylic acids is 1. The number of rotatable bonds is 7. The van der Waals surface area contributed by atoms with E-state index >= 15 is 0 Å². The van der Waals surface area contributed by atoms with Crippen molar-refractivity contribution in [1.82, 2.24) is 4.98 Å². The highest BCUT2D eigenvalue weighted by Gasteiger charge is 2.12. The SMILES string of the molecule is CCCOc1ccc(C(=O)Nc2ccc(Br)cn2)cc1OCC. The first-order chi connectivity index (χ1) is 11.1. The summed E-state index contributed by atoms with van der Waals surface area (Å²) in [7, 11) is 0. The van der Waals surface area contributed by atoms with Crippen LogP contribution in [-0.4, -0.2) is 24.1 Å². The Morgan fingerprint density at radius 3 is 2.65 bits per heavy atom. The Labute approximate surface area is 144 Å². The zero-order valence-corrected chi connectivity index (χ0v) is 14.7. The Kier molecular flexibility index (Phi) is 6.40. The number of hydrogen-bond acceptors (Lipinski definition) is 4. The van der Waals surface area contributed by atoms with Gasteiger partial charge >= 0.3 is 0 Å². The van der Waals surface area contributed by atoms with Gasteiger partial charge in [-0.15, -0.1) is 0 Å². The standard InChI is InChI=1S/C17H19BrN2O3/c1-3-9-23-14-7-5-12(10-15(14)22-4-2)17(21)20-16-8-6-13(18)11-19-16/h5-8,10-11H,3-4,9H2,1-2H3,(H,19,20,21). The van der Waals surface area contributed by atoms with Crippen molar-refractivity contribution < 1.29 is 14.3 Å². The molecule has 0 bridgehead atoms. The predicted molar refractivity (Wildman–Crippen MR) is 93.3 cm³/mol. The maximum Gasteiger partial charge on any atom is 0.256 e. The summed E-state index contributed by atoms with van der Waals surface area (Å²) in [4.78, 5) is 16.4. The lowest BCUT2D eigenvalue weighted by Crippen LogP contribution is -2.13. The van der Waals surface area contributed by atoms with E-state index in [1.807, 2.05) is 19.9 Å². The lowest BCUT2D eigenvalue weighted by molar-refractivity contribution is 0.102. The van der Waals surface area contributed by atoms with E-state index in [2.05, 4.69) is 26.2 Å². The van der Waals surface area contributed by atoms with Crippen molar-refractivity contribution in [3.05, 3.63) is 46.6 Å². The number of nitrogens with one attached hydrogen (secondary N) is 1. The van der Waals surface area contributed by atoms with E-state index in [-0.39, 0.29) is 5.91 Å². The minimum absolute atomic E-state index is 0.247. The third-order valence-corrected chi connectivity index (χ3v) is 3.41. The van der Waals surface area contributed by atoms with Crippen LogP contribution in [-0.2, 0) is 0 Å². The fourth-order valence-electron chi connectivity index (χ4n) is 1.89. The molecule has 1 aromatic heterocycles. The molecule has 1 N–H and O–H groups in total. The third kappa shape index (κ3) is 4.96. The third-order valence-electron chi connectivity index (χ3n) is 2.94. The van der Waals surface area contributed by atoms with Crippen molar-refractivity contribution >= 4 is 27.7 Å². The van der Waals surface area contributed by atoms with Gasteiger partial charge < -0.3 is 14.8 Å². The summed E-state index contributed by atoms with van der Waals surface area (Å²) < 4.78 is 12.0. The van der Waals surface area contributed by atoms with Crippen molar-refractivity contribution in [2.24, 2.45) is 0 Å². The second kappa shape index (κ2) is 8.53. The average molecular weight is 379 g/mol. The number of nitrogens with zero attached hydrogens (tertiary/aromatic N) is 1. The molecule has 1 heterocycles. The van der Waals surface area contributed by atoms with Crippen LogP contribution in [0.1, 0.15) is 30.6 Å². The smallest absolute Gasteiger partial charge is 0.256 e. The number of anilines is 1. The Morgan fingerprint density at radius 2 is 2.00 bits per heavy atom. The Morgan fingerprint density at radius 1 is 1.17 bits per heavy atom. The van der Waals surface area contributed by atoms with Crippen molar-refractivity contribution in [3.63, 3.8) is 0 Å². The number of carbonyl (C=O) groups is 1. The first-order valence-electron chi connectivity index (χ1n) is 7.46. The maximum atomic E-state index is 12.3. The predicted octanol–water partition coefficient (Wildman–Crippen LogP) is 4.28. The van der Waals surface area contributed by atoms with Crippen LogP contribution in [0.15, 0.2) is 41.0 Å². The first-order valence-corrected chi connectivity index (χ1v) is 8.26. The molecule has 23 heavy (non-hydrogen) atoms. The van der Waals surface area contributed by atoms with Crippen LogP contribution in [0.3, 0.4) is 0 Å². The molecule has 5 nitrogen and oxygen atoms in total. The lowest BCUT2D eigenvalue weighted by atomic mass is 10.2. The van der Waals surface area contributed by atoms with E-state index in [1.165, 1.54) is 0 Å². The molecular weight excluding hydrogens is 360 g/mol. The zero-order chi connectivity index (χ0) is 16.7. The van der Waals surface area contributed by atoms with Crippen LogP contribution >= 0.6 is 15.9 Å². The lowest BCUT2D eigenvalue weighted by Gasteiger charge is -2.13. The van der Waals surface area contributed by atoms with E-state index in [0.717, 1.165) is 10.9 Å². The van der Waals surface area contributed by atoms with Gasteiger partial charge in [0.2, 0.25) is 0 Å².